The third kappa shape index (κ3) is 4.55. The van der Waals surface area contributed by atoms with Crippen LogP contribution < -0.4 is 10.2 Å². The number of hydrogen-bond acceptors (Lipinski definition) is 4. The van der Waals surface area contributed by atoms with Gasteiger partial charge in [-0.15, -0.1) is 0 Å². The Morgan fingerprint density at radius 3 is 2.50 bits per heavy atom. The van der Waals surface area contributed by atoms with Crippen molar-refractivity contribution in [1.29, 1.82) is 0 Å². The van der Waals surface area contributed by atoms with Crippen molar-refractivity contribution in [3.05, 3.63) is 53.9 Å². The number of nitrogens with one attached hydrogen (secondary N) is 1. The average Bonchev–Trinajstić information content (AvgIpc) is 2.46. The van der Waals surface area contributed by atoms with Crippen molar-refractivity contribution in [2.45, 2.75) is 32.9 Å². The quantitative estimate of drug-likeness (QED) is 0.942. The second-order valence-electron chi connectivity index (χ2n) is 6.29. The van der Waals surface area contributed by atoms with Crippen LogP contribution in [0.1, 0.15) is 36.8 Å². The number of carbonyl (C=O) groups is 1. The van der Waals surface area contributed by atoms with Crippen LogP contribution in [0.25, 0.3) is 0 Å². The van der Waals surface area contributed by atoms with E-state index in [0.717, 1.165) is 5.56 Å². The van der Waals surface area contributed by atoms with Crippen LogP contribution in [0.3, 0.4) is 0 Å². The molecule has 0 unspecified atom stereocenters. The molecule has 5 nitrogen and oxygen atoms in total. The Kier molecular flexibility index (Phi) is 4.75. The maximum atomic E-state index is 12.2. The molecule has 0 saturated heterocycles. The van der Waals surface area contributed by atoms with Crippen LogP contribution in [0.15, 0.2) is 42.6 Å². The van der Waals surface area contributed by atoms with E-state index in [1.165, 1.54) is 0 Å². The lowest BCUT2D eigenvalue weighted by atomic mass is 10.1. The third-order valence-corrected chi connectivity index (χ3v) is 2.97. The first-order valence-electron chi connectivity index (χ1n) is 7.26. The summed E-state index contributed by atoms with van der Waals surface area (Å²) in [5, 5.41) is 2.90. The molecule has 2 aromatic rings. The standard InChI is InChI=1S/C17H22N4O/c1-17(2,3)20-15(22)14-10-11-18-16(19-14)21(4)12-13-8-6-5-7-9-13/h5-11H,12H2,1-4H3,(H,20,22). The highest BCUT2D eigenvalue weighted by molar-refractivity contribution is 5.92. The molecule has 1 N–H and O–H groups in total. The fourth-order valence-electron chi connectivity index (χ4n) is 1.99. The lowest BCUT2D eigenvalue weighted by Crippen LogP contribution is -2.41. The molecule has 1 aromatic carbocycles. The minimum Gasteiger partial charge on any atom is -0.346 e. The maximum Gasteiger partial charge on any atom is 0.270 e. The SMILES string of the molecule is CN(Cc1ccccc1)c1nccc(C(=O)NC(C)(C)C)n1. The summed E-state index contributed by atoms with van der Waals surface area (Å²) in [7, 11) is 1.91. The molecule has 0 aliphatic heterocycles. The van der Waals surface area contributed by atoms with Gasteiger partial charge in [-0.1, -0.05) is 30.3 Å². The molecule has 116 valence electrons. The first-order valence-corrected chi connectivity index (χ1v) is 7.26. The molecular formula is C17H22N4O. The van der Waals surface area contributed by atoms with E-state index in [1.54, 1.807) is 12.3 Å². The van der Waals surface area contributed by atoms with Crippen LogP contribution in [0.2, 0.25) is 0 Å². The van der Waals surface area contributed by atoms with Gasteiger partial charge in [0.15, 0.2) is 0 Å². The predicted molar refractivity (Wildman–Crippen MR) is 87.8 cm³/mol. The Morgan fingerprint density at radius 1 is 1.18 bits per heavy atom. The molecule has 0 fully saturated rings. The maximum absolute atomic E-state index is 12.2. The zero-order valence-corrected chi connectivity index (χ0v) is 13.5. The molecule has 0 saturated carbocycles. The summed E-state index contributed by atoms with van der Waals surface area (Å²) in [4.78, 5) is 22.7. The second-order valence-corrected chi connectivity index (χ2v) is 6.29. The molecule has 1 heterocycles. The van der Waals surface area contributed by atoms with Crippen molar-refractivity contribution in [3.63, 3.8) is 0 Å². The molecule has 0 aliphatic carbocycles. The topological polar surface area (TPSA) is 58.1 Å². The van der Waals surface area contributed by atoms with Crippen molar-refractivity contribution >= 4 is 11.9 Å². The summed E-state index contributed by atoms with van der Waals surface area (Å²) >= 11 is 0. The van der Waals surface area contributed by atoms with Gasteiger partial charge in [0.05, 0.1) is 0 Å². The number of rotatable bonds is 4. The number of hydrogen-bond donors (Lipinski definition) is 1. The minimum absolute atomic E-state index is 0.190. The van der Waals surface area contributed by atoms with E-state index < -0.39 is 0 Å². The molecule has 0 bridgehead atoms. The Hall–Kier alpha value is -2.43. The molecule has 0 atom stereocenters. The van der Waals surface area contributed by atoms with Crippen LogP contribution in [0.4, 0.5) is 5.95 Å². The predicted octanol–water partition coefficient (Wildman–Crippen LogP) is 2.64. The van der Waals surface area contributed by atoms with Gasteiger partial charge in [-0.25, -0.2) is 9.97 Å². The lowest BCUT2D eigenvalue weighted by molar-refractivity contribution is 0.0914. The number of anilines is 1. The van der Waals surface area contributed by atoms with Crippen LogP contribution in [-0.2, 0) is 6.54 Å². The van der Waals surface area contributed by atoms with Crippen LogP contribution >= 0.6 is 0 Å². The average molecular weight is 298 g/mol. The molecule has 5 heteroatoms. The highest BCUT2D eigenvalue weighted by Gasteiger charge is 2.17. The number of aromatic nitrogens is 2. The monoisotopic (exact) mass is 298 g/mol. The Balaban J connectivity index is 2.12. The minimum atomic E-state index is -0.294. The van der Waals surface area contributed by atoms with Gasteiger partial charge in [-0.2, -0.15) is 0 Å². The fourth-order valence-corrected chi connectivity index (χ4v) is 1.99. The van der Waals surface area contributed by atoms with Gasteiger partial charge in [-0.3, -0.25) is 4.79 Å². The fraction of sp³-hybridized carbons (Fsp3) is 0.353. The van der Waals surface area contributed by atoms with Crippen LogP contribution in [-0.4, -0.2) is 28.5 Å². The Bertz CT molecular complexity index is 635. The van der Waals surface area contributed by atoms with Crippen molar-refractivity contribution < 1.29 is 4.79 Å². The van der Waals surface area contributed by atoms with E-state index in [2.05, 4.69) is 15.3 Å². The normalized spacial score (nSPS) is 11.1. The zero-order valence-electron chi connectivity index (χ0n) is 13.5. The number of carbonyl (C=O) groups excluding carboxylic acids is 1. The van der Waals surface area contributed by atoms with Gasteiger partial charge in [-0.05, 0) is 32.4 Å². The molecule has 2 rings (SSSR count). The summed E-state index contributed by atoms with van der Waals surface area (Å²) in [5.74, 6) is 0.342. The van der Waals surface area contributed by atoms with E-state index in [9.17, 15) is 4.79 Å². The largest absolute Gasteiger partial charge is 0.346 e. The van der Waals surface area contributed by atoms with E-state index in [1.807, 2.05) is 63.1 Å². The van der Waals surface area contributed by atoms with Gasteiger partial charge in [0.2, 0.25) is 5.95 Å². The first-order chi connectivity index (χ1) is 10.3. The highest BCUT2D eigenvalue weighted by Crippen LogP contribution is 2.11. The summed E-state index contributed by atoms with van der Waals surface area (Å²) < 4.78 is 0. The van der Waals surface area contributed by atoms with E-state index in [4.69, 9.17) is 0 Å². The van der Waals surface area contributed by atoms with Crippen molar-refractivity contribution in [2.75, 3.05) is 11.9 Å². The third-order valence-electron chi connectivity index (χ3n) is 2.97. The summed E-state index contributed by atoms with van der Waals surface area (Å²) in [5.41, 5.74) is 1.25. The van der Waals surface area contributed by atoms with Crippen LogP contribution in [0.5, 0.6) is 0 Å². The van der Waals surface area contributed by atoms with Gasteiger partial charge in [0.1, 0.15) is 5.69 Å². The summed E-state index contributed by atoms with van der Waals surface area (Å²) in [6.07, 6.45) is 1.61. The Labute approximate surface area is 131 Å². The molecule has 0 spiro atoms. The molecule has 0 aliphatic rings. The second kappa shape index (κ2) is 6.56. The lowest BCUT2D eigenvalue weighted by Gasteiger charge is -2.21. The van der Waals surface area contributed by atoms with Gasteiger partial charge in [0, 0.05) is 25.3 Å². The van der Waals surface area contributed by atoms with E-state index in [0.29, 0.717) is 18.2 Å². The van der Waals surface area contributed by atoms with Crippen molar-refractivity contribution in [2.24, 2.45) is 0 Å². The number of benzene rings is 1. The molecule has 0 radical (unpaired) electrons. The molecular weight excluding hydrogens is 276 g/mol. The van der Waals surface area contributed by atoms with Gasteiger partial charge >= 0.3 is 0 Å². The number of nitrogens with zero attached hydrogens (tertiary/aromatic N) is 3. The van der Waals surface area contributed by atoms with E-state index in [-0.39, 0.29) is 11.4 Å². The number of amides is 1. The Morgan fingerprint density at radius 2 is 1.86 bits per heavy atom. The zero-order chi connectivity index (χ0) is 16.2. The van der Waals surface area contributed by atoms with E-state index >= 15 is 0 Å². The van der Waals surface area contributed by atoms with Crippen molar-refractivity contribution in [3.8, 4) is 0 Å². The first kappa shape index (κ1) is 15.9. The van der Waals surface area contributed by atoms with Gasteiger partial charge in [0.25, 0.3) is 5.91 Å². The summed E-state index contributed by atoms with van der Waals surface area (Å²) in [6.45, 7) is 6.50. The molecule has 22 heavy (non-hydrogen) atoms. The highest BCUT2D eigenvalue weighted by atomic mass is 16.2. The summed E-state index contributed by atoms with van der Waals surface area (Å²) in [6, 6.07) is 11.7. The smallest absolute Gasteiger partial charge is 0.270 e. The van der Waals surface area contributed by atoms with Crippen molar-refractivity contribution in [1.82, 2.24) is 15.3 Å². The van der Waals surface area contributed by atoms with Crippen LogP contribution in [0, 0.1) is 0 Å². The molecule has 1 amide bonds. The van der Waals surface area contributed by atoms with Gasteiger partial charge < -0.3 is 10.2 Å². The molecule has 1 aromatic heterocycles.